The van der Waals surface area contributed by atoms with E-state index >= 15 is 0 Å². The zero-order chi connectivity index (χ0) is 20.5. The van der Waals surface area contributed by atoms with Gasteiger partial charge >= 0.3 is 17.1 Å². The Hall–Kier alpha value is -2.74. The number of aliphatic carboxylic acids is 2. The first-order valence-corrected chi connectivity index (χ1v) is 6.99. The van der Waals surface area contributed by atoms with Gasteiger partial charge in [-0.3, -0.25) is 19.2 Å². The molecule has 0 heterocycles. The van der Waals surface area contributed by atoms with Crippen LogP contribution in [0.2, 0.25) is 0 Å². The Balaban J connectivity index is -0.000000411. The molecule has 0 saturated carbocycles. The molecule has 0 fully saturated rings. The van der Waals surface area contributed by atoms with Gasteiger partial charge in [-0.25, -0.2) is 0 Å². The SMILES string of the molecule is NCC(=O)NCC(=O)NCC(=O)[O-].NCC(=O)NCC(=O)NCC(=O)[O-].[Cu+2]. The summed E-state index contributed by atoms with van der Waals surface area (Å²) >= 11 is 0. The molecular formula is C12H20CuN6O8. The van der Waals surface area contributed by atoms with Crippen LogP contribution in [-0.2, 0) is 45.8 Å². The molecule has 0 aliphatic heterocycles. The number of carboxylic acid groups (broad SMARTS) is 2. The largest absolute Gasteiger partial charge is 2.00 e. The zero-order valence-electron chi connectivity index (χ0n) is 14.0. The van der Waals surface area contributed by atoms with Crippen LogP contribution >= 0.6 is 0 Å². The monoisotopic (exact) mass is 439 g/mol. The third-order valence-corrected chi connectivity index (χ3v) is 2.12. The Kier molecular flexibility index (Phi) is 19.4. The number of rotatable bonds is 10. The summed E-state index contributed by atoms with van der Waals surface area (Å²) in [4.78, 5) is 62.2. The number of hydrogen-bond acceptors (Lipinski definition) is 10. The zero-order valence-corrected chi connectivity index (χ0v) is 14.9. The van der Waals surface area contributed by atoms with Crippen molar-refractivity contribution in [1.82, 2.24) is 21.3 Å². The van der Waals surface area contributed by atoms with E-state index in [2.05, 4.69) is 10.6 Å². The van der Waals surface area contributed by atoms with Crippen molar-refractivity contribution in [2.45, 2.75) is 0 Å². The summed E-state index contributed by atoms with van der Waals surface area (Å²) in [5, 5.41) is 28.1. The minimum atomic E-state index is -1.39. The molecule has 0 rings (SSSR count). The molecule has 0 atom stereocenters. The van der Waals surface area contributed by atoms with Crippen LogP contribution in [0.4, 0.5) is 0 Å². The molecule has 27 heavy (non-hydrogen) atoms. The van der Waals surface area contributed by atoms with E-state index in [1.165, 1.54) is 0 Å². The molecule has 0 aliphatic rings. The van der Waals surface area contributed by atoms with Crippen LogP contribution in [0.5, 0.6) is 0 Å². The van der Waals surface area contributed by atoms with Gasteiger partial charge in [0.05, 0.1) is 51.2 Å². The summed E-state index contributed by atoms with van der Waals surface area (Å²) in [5.74, 6) is -4.96. The number of hydrogen-bond donors (Lipinski definition) is 6. The van der Waals surface area contributed by atoms with E-state index in [-0.39, 0.29) is 43.2 Å². The second-order valence-electron chi connectivity index (χ2n) is 4.26. The summed E-state index contributed by atoms with van der Waals surface area (Å²) in [6.07, 6.45) is 0. The van der Waals surface area contributed by atoms with E-state index in [9.17, 15) is 39.0 Å². The van der Waals surface area contributed by atoms with Gasteiger partial charge in [-0.1, -0.05) is 0 Å². The van der Waals surface area contributed by atoms with Crippen molar-refractivity contribution in [2.24, 2.45) is 11.5 Å². The van der Waals surface area contributed by atoms with E-state index in [1.807, 2.05) is 10.6 Å². The molecule has 8 N–H and O–H groups in total. The molecule has 0 aliphatic carbocycles. The van der Waals surface area contributed by atoms with Crippen molar-refractivity contribution in [1.29, 1.82) is 0 Å². The summed E-state index contributed by atoms with van der Waals surface area (Å²) in [6, 6.07) is 0. The maximum absolute atomic E-state index is 10.7. The number of amides is 4. The molecule has 14 nitrogen and oxygen atoms in total. The molecular weight excluding hydrogens is 420 g/mol. The maximum atomic E-state index is 10.7. The molecule has 0 saturated heterocycles. The maximum Gasteiger partial charge on any atom is 2.00 e. The molecule has 1 radical (unpaired) electrons. The normalized spacial score (nSPS) is 8.67. The Bertz CT molecular complexity index is 484. The van der Waals surface area contributed by atoms with Crippen LogP contribution in [0.3, 0.4) is 0 Å². The van der Waals surface area contributed by atoms with Gasteiger partial charge in [0.2, 0.25) is 23.6 Å². The molecule has 0 spiro atoms. The molecule has 0 aromatic heterocycles. The second-order valence-corrected chi connectivity index (χ2v) is 4.26. The van der Waals surface area contributed by atoms with E-state index in [0.717, 1.165) is 0 Å². The standard InChI is InChI=1S/2C6H11N3O4.Cu/c2*7-1-4(10)8-2-5(11)9-3-6(12)13;/h2*1-3,7H2,(H,8,10)(H,9,11)(H,12,13);/q;;+2/p-2. The Morgan fingerprint density at radius 1 is 0.556 bits per heavy atom. The van der Waals surface area contributed by atoms with Crippen molar-refractivity contribution < 1.29 is 56.0 Å². The van der Waals surface area contributed by atoms with Gasteiger partial charge in [0, 0.05) is 0 Å². The Morgan fingerprint density at radius 3 is 1.04 bits per heavy atom. The smallest absolute Gasteiger partial charge is 0.548 e. The first kappa shape index (κ1) is 29.0. The van der Waals surface area contributed by atoms with Crippen molar-refractivity contribution in [3.8, 4) is 0 Å². The van der Waals surface area contributed by atoms with Crippen molar-refractivity contribution >= 4 is 35.6 Å². The van der Waals surface area contributed by atoms with E-state index in [4.69, 9.17) is 11.5 Å². The van der Waals surface area contributed by atoms with Crippen molar-refractivity contribution in [2.75, 3.05) is 39.3 Å². The number of carbonyl (C=O) groups excluding carboxylic acids is 6. The first-order chi connectivity index (χ1) is 12.1. The van der Waals surface area contributed by atoms with Crippen LogP contribution in [0.15, 0.2) is 0 Å². The van der Waals surface area contributed by atoms with Crippen LogP contribution in [0.1, 0.15) is 0 Å². The predicted octanol–water partition coefficient (Wildman–Crippen LogP) is -8.15. The minimum Gasteiger partial charge on any atom is -0.548 e. The minimum absolute atomic E-state index is 0. The number of nitrogens with two attached hydrogens (primary N) is 2. The van der Waals surface area contributed by atoms with E-state index < -0.39 is 48.7 Å². The summed E-state index contributed by atoms with van der Waals surface area (Å²) in [6.45, 7) is -2.15. The number of carbonyl (C=O) groups is 6. The average molecular weight is 440 g/mol. The van der Waals surface area contributed by atoms with Crippen LogP contribution in [0, 0.1) is 0 Å². The number of nitrogens with one attached hydrogen (secondary N) is 4. The van der Waals surface area contributed by atoms with E-state index in [0.29, 0.717) is 0 Å². The van der Waals surface area contributed by atoms with E-state index in [1.54, 1.807) is 0 Å². The first-order valence-electron chi connectivity index (χ1n) is 6.99. The summed E-state index contributed by atoms with van der Waals surface area (Å²) < 4.78 is 0. The van der Waals surface area contributed by atoms with Crippen molar-refractivity contribution in [3.63, 3.8) is 0 Å². The van der Waals surface area contributed by atoms with Crippen LogP contribution < -0.4 is 42.9 Å². The Labute approximate surface area is 164 Å². The van der Waals surface area contributed by atoms with Gasteiger partial charge in [0.1, 0.15) is 0 Å². The third-order valence-electron chi connectivity index (χ3n) is 2.12. The molecule has 0 aromatic carbocycles. The van der Waals surface area contributed by atoms with Gasteiger partial charge in [-0.05, 0) is 0 Å². The topological polar surface area (TPSA) is 249 Å². The Morgan fingerprint density at radius 2 is 0.815 bits per heavy atom. The van der Waals surface area contributed by atoms with Gasteiger partial charge in [0.15, 0.2) is 0 Å². The van der Waals surface area contributed by atoms with Gasteiger partial charge in [0.25, 0.3) is 0 Å². The molecule has 157 valence electrons. The number of carboxylic acids is 2. The quantitative estimate of drug-likeness (QED) is 0.175. The van der Waals surface area contributed by atoms with Gasteiger partial charge in [-0.15, -0.1) is 0 Å². The molecule has 0 aromatic rings. The summed E-state index contributed by atoms with van der Waals surface area (Å²) in [7, 11) is 0. The van der Waals surface area contributed by atoms with Crippen molar-refractivity contribution in [3.05, 3.63) is 0 Å². The molecule has 4 amide bonds. The summed E-state index contributed by atoms with van der Waals surface area (Å²) in [5.41, 5.74) is 9.87. The fourth-order valence-corrected chi connectivity index (χ4v) is 0.969. The average Bonchev–Trinajstić information content (AvgIpc) is 2.60. The molecule has 0 unspecified atom stereocenters. The van der Waals surface area contributed by atoms with Crippen LogP contribution in [0.25, 0.3) is 0 Å². The van der Waals surface area contributed by atoms with Gasteiger partial charge in [-0.2, -0.15) is 0 Å². The predicted molar refractivity (Wildman–Crippen MR) is 80.2 cm³/mol. The van der Waals surface area contributed by atoms with Crippen LogP contribution in [-0.4, -0.2) is 74.8 Å². The van der Waals surface area contributed by atoms with Gasteiger partial charge < -0.3 is 52.5 Å². The third kappa shape index (κ3) is 23.3. The fraction of sp³-hybridized carbons (Fsp3) is 0.500. The molecule has 0 bridgehead atoms. The molecule has 15 heteroatoms. The second kappa shape index (κ2) is 18.1. The fourth-order valence-electron chi connectivity index (χ4n) is 0.969.